The predicted molar refractivity (Wildman–Crippen MR) is 71.2 cm³/mol. The third kappa shape index (κ3) is 3.25. The summed E-state index contributed by atoms with van der Waals surface area (Å²) in [6.07, 6.45) is 2.27. The molecule has 4 heteroatoms. The second-order valence-corrected chi connectivity index (χ2v) is 4.87. The summed E-state index contributed by atoms with van der Waals surface area (Å²) in [7, 11) is 0. The summed E-state index contributed by atoms with van der Waals surface area (Å²) in [5.74, 6) is 0. The summed E-state index contributed by atoms with van der Waals surface area (Å²) >= 11 is 0. The molecular weight excluding hydrogens is 240 g/mol. The third-order valence-electron chi connectivity index (χ3n) is 3.48. The van der Waals surface area contributed by atoms with E-state index in [1.165, 1.54) is 0 Å². The molecule has 1 saturated heterocycles. The van der Waals surface area contributed by atoms with Crippen molar-refractivity contribution in [3.05, 3.63) is 35.9 Å². The minimum absolute atomic E-state index is 0.0710. The number of likely N-dealkylation sites (tertiary alicyclic amines) is 1. The molecule has 1 heterocycles. The molecule has 2 rings (SSSR count). The number of carbonyl (C=O) groups excluding carboxylic acids is 1. The molecule has 0 N–H and O–H groups in total. The number of amides is 1. The molecule has 1 aromatic carbocycles. The van der Waals surface area contributed by atoms with Gasteiger partial charge < -0.3 is 4.74 Å². The second-order valence-electron chi connectivity index (χ2n) is 4.87. The number of hydrogen-bond acceptors (Lipinski definition) is 3. The first-order valence-corrected chi connectivity index (χ1v) is 6.61. The Morgan fingerprint density at radius 2 is 2.16 bits per heavy atom. The van der Waals surface area contributed by atoms with Gasteiger partial charge in [0.2, 0.25) is 0 Å². The zero-order chi connectivity index (χ0) is 13.7. The maximum absolute atomic E-state index is 12.1. The van der Waals surface area contributed by atoms with Crippen molar-refractivity contribution in [1.29, 1.82) is 5.26 Å². The first-order chi connectivity index (χ1) is 9.22. The lowest BCUT2D eigenvalue weighted by Crippen LogP contribution is -2.48. The Kier molecular flexibility index (Phi) is 4.40. The Hall–Kier alpha value is -2.02. The highest BCUT2D eigenvalue weighted by Crippen LogP contribution is 2.23. The summed E-state index contributed by atoms with van der Waals surface area (Å²) in [5, 5.41) is 9.11. The lowest BCUT2D eigenvalue weighted by Gasteiger charge is -2.36. The largest absolute Gasteiger partial charge is 0.445 e. The first kappa shape index (κ1) is 13.4. The van der Waals surface area contributed by atoms with Gasteiger partial charge in [0.05, 0.1) is 6.07 Å². The van der Waals surface area contributed by atoms with Gasteiger partial charge in [-0.1, -0.05) is 30.3 Å². The number of carbonyl (C=O) groups is 1. The Labute approximate surface area is 113 Å². The van der Waals surface area contributed by atoms with Gasteiger partial charge in [0.25, 0.3) is 0 Å². The molecule has 0 saturated carbocycles. The lowest BCUT2D eigenvalue weighted by molar-refractivity contribution is 0.0589. The smallest absolute Gasteiger partial charge is 0.411 e. The fourth-order valence-corrected chi connectivity index (χ4v) is 2.42. The molecule has 0 spiro atoms. The van der Waals surface area contributed by atoms with Crippen molar-refractivity contribution in [3.63, 3.8) is 0 Å². The predicted octanol–water partition coefficient (Wildman–Crippen LogP) is 3.09. The summed E-state index contributed by atoms with van der Waals surface area (Å²) in [4.78, 5) is 13.7. The van der Waals surface area contributed by atoms with Crippen LogP contribution in [0.2, 0.25) is 0 Å². The lowest BCUT2D eigenvalue weighted by atomic mass is 9.98. The Bertz CT molecular complexity index is 467. The Morgan fingerprint density at radius 3 is 2.84 bits per heavy atom. The van der Waals surface area contributed by atoms with E-state index in [2.05, 4.69) is 6.07 Å². The van der Waals surface area contributed by atoms with Crippen LogP contribution in [-0.4, -0.2) is 23.1 Å². The summed E-state index contributed by atoms with van der Waals surface area (Å²) < 4.78 is 5.31. The van der Waals surface area contributed by atoms with E-state index in [0.717, 1.165) is 24.8 Å². The van der Waals surface area contributed by atoms with Crippen molar-refractivity contribution in [2.45, 2.75) is 44.9 Å². The van der Waals surface area contributed by atoms with Crippen LogP contribution < -0.4 is 0 Å². The highest BCUT2D eigenvalue weighted by Gasteiger charge is 2.32. The molecule has 0 unspecified atom stereocenters. The van der Waals surface area contributed by atoms with E-state index in [-0.39, 0.29) is 24.8 Å². The summed E-state index contributed by atoms with van der Waals surface area (Å²) in [6, 6.07) is 11.5. The van der Waals surface area contributed by atoms with Crippen LogP contribution in [0.4, 0.5) is 4.79 Å². The van der Waals surface area contributed by atoms with Gasteiger partial charge in [-0.25, -0.2) is 4.79 Å². The Morgan fingerprint density at radius 1 is 1.42 bits per heavy atom. The molecule has 1 aliphatic heterocycles. The van der Waals surface area contributed by atoms with Gasteiger partial charge in [0.15, 0.2) is 0 Å². The molecule has 0 aromatic heterocycles. The monoisotopic (exact) mass is 258 g/mol. The van der Waals surface area contributed by atoms with Gasteiger partial charge in [0, 0.05) is 6.04 Å². The van der Waals surface area contributed by atoms with E-state index in [9.17, 15) is 4.79 Å². The van der Waals surface area contributed by atoms with Crippen molar-refractivity contribution in [3.8, 4) is 6.07 Å². The topological polar surface area (TPSA) is 53.3 Å². The first-order valence-electron chi connectivity index (χ1n) is 6.61. The van der Waals surface area contributed by atoms with Crippen LogP contribution in [-0.2, 0) is 11.3 Å². The van der Waals surface area contributed by atoms with Crippen molar-refractivity contribution in [1.82, 2.24) is 4.90 Å². The minimum atomic E-state index is -0.386. The van der Waals surface area contributed by atoms with Gasteiger partial charge in [0.1, 0.15) is 12.6 Å². The standard InChI is InChI=1S/C15H18N2O2/c1-12-6-5-9-14(10-16)17(12)15(18)19-11-13-7-3-2-4-8-13/h2-4,7-8,12,14H,5-6,9,11H2,1H3/t12-,14-/m0/s1. The van der Waals surface area contributed by atoms with Crippen LogP contribution in [0.3, 0.4) is 0 Å². The third-order valence-corrected chi connectivity index (χ3v) is 3.48. The molecule has 2 atom stereocenters. The molecule has 4 nitrogen and oxygen atoms in total. The molecule has 100 valence electrons. The normalized spacial score (nSPS) is 22.6. The summed E-state index contributed by atoms with van der Waals surface area (Å²) in [6.45, 7) is 2.22. The van der Waals surface area contributed by atoms with Crippen molar-refractivity contribution < 1.29 is 9.53 Å². The molecule has 1 amide bonds. The van der Waals surface area contributed by atoms with Crippen molar-refractivity contribution in [2.75, 3.05) is 0 Å². The van der Waals surface area contributed by atoms with Crippen LogP contribution in [0.5, 0.6) is 0 Å². The molecule has 1 aromatic rings. The number of nitrogens with zero attached hydrogens (tertiary/aromatic N) is 2. The van der Waals surface area contributed by atoms with Gasteiger partial charge in [-0.2, -0.15) is 5.26 Å². The number of hydrogen-bond donors (Lipinski definition) is 0. The number of ether oxygens (including phenoxy) is 1. The molecular formula is C15H18N2O2. The maximum atomic E-state index is 12.1. The zero-order valence-electron chi connectivity index (χ0n) is 11.1. The van der Waals surface area contributed by atoms with Gasteiger partial charge in [-0.15, -0.1) is 0 Å². The van der Waals surface area contributed by atoms with E-state index in [1.807, 2.05) is 37.3 Å². The van der Waals surface area contributed by atoms with Crippen molar-refractivity contribution in [2.24, 2.45) is 0 Å². The van der Waals surface area contributed by atoms with Gasteiger partial charge in [-0.3, -0.25) is 4.90 Å². The number of rotatable bonds is 2. The quantitative estimate of drug-likeness (QED) is 0.819. The average molecular weight is 258 g/mol. The fraction of sp³-hybridized carbons (Fsp3) is 0.467. The maximum Gasteiger partial charge on any atom is 0.411 e. The second kappa shape index (κ2) is 6.24. The molecule has 19 heavy (non-hydrogen) atoms. The van der Waals surface area contributed by atoms with Gasteiger partial charge >= 0.3 is 6.09 Å². The molecule has 0 radical (unpaired) electrons. The number of piperidine rings is 1. The zero-order valence-corrected chi connectivity index (χ0v) is 11.1. The average Bonchev–Trinajstić information content (AvgIpc) is 2.45. The molecule has 0 bridgehead atoms. The SMILES string of the molecule is C[C@H]1CCC[C@@H](C#N)N1C(=O)OCc1ccccc1. The van der Waals surface area contributed by atoms with Crippen molar-refractivity contribution >= 4 is 6.09 Å². The molecule has 1 aliphatic rings. The summed E-state index contributed by atoms with van der Waals surface area (Å²) in [5.41, 5.74) is 0.953. The minimum Gasteiger partial charge on any atom is -0.445 e. The van der Waals surface area contributed by atoms with E-state index in [4.69, 9.17) is 10.00 Å². The van der Waals surface area contributed by atoms with Crippen LogP contribution in [0.25, 0.3) is 0 Å². The van der Waals surface area contributed by atoms with E-state index in [0.29, 0.717) is 0 Å². The van der Waals surface area contributed by atoms with Crippen LogP contribution in [0.1, 0.15) is 31.7 Å². The molecule has 1 fully saturated rings. The van der Waals surface area contributed by atoms with Gasteiger partial charge in [-0.05, 0) is 31.7 Å². The van der Waals surface area contributed by atoms with E-state index < -0.39 is 0 Å². The van der Waals surface area contributed by atoms with E-state index >= 15 is 0 Å². The van der Waals surface area contributed by atoms with E-state index in [1.54, 1.807) is 4.90 Å². The number of nitriles is 1. The highest BCUT2D eigenvalue weighted by atomic mass is 16.6. The van der Waals surface area contributed by atoms with Crippen LogP contribution in [0, 0.1) is 11.3 Å². The fourth-order valence-electron chi connectivity index (χ4n) is 2.42. The highest BCUT2D eigenvalue weighted by molar-refractivity contribution is 5.69. The van der Waals surface area contributed by atoms with Crippen LogP contribution >= 0.6 is 0 Å². The Balaban J connectivity index is 1.96. The number of benzene rings is 1. The van der Waals surface area contributed by atoms with Crippen LogP contribution in [0.15, 0.2) is 30.3 Å². The molecule has 0 aliphatic carbocycles.